The van der Waals surface area contributed by atoms with Crippen molar-refractivity contribution < 1.29 is 47.2 Å². The average molecular weight is 284 g/mol. The minimum atomic E-state index is -1.55. The van der Waals surface area contributed by atoms with Crippen LogP contribution in [0.3, 0.4) is 0 Å². The molecular formula is C9H13FO9. The molecule has 1 unspecified atom stereocenters. The summed E-state index contributed by atoms with van der Waals surface area (Å²) in [5.74, 6) is 0. The van der Waals surface area contributed by atoms with E-state index in [1.54, 1.807) is 0 Å². The van der Waals surface area contributed by atoms with Crippen LogP contribution in [0.15, 0.2) is 0 Å². The predicted molar refractivity (Wildman–Crippen MR) is 54.0 cm³/mol. The van der Waals surface area contributed by atoms with Gasteiger partial charge in [-0.05, 0) is 0 Å². The first-order chi connectivity index (χ1) is 8.99. The van der Waals surface area contributed by atoms with Crippen molar-refractivity contribution in [2.24, 2.45) is 0 Å². The number of cyclic esters (lactones) is 4. The Bertz CT molecular complexity index is 290. The smallest absolute Gasteiger partial charge is 0.438 e. The number of hydrogen-bond donors (Lipinski definition) is 0. The fourth-order valence-corrected chi connectivity index (χ4v) is 0.681. The summed E-state index contributed by atoms with van der Waals surface area (Å²) in [7, 11) is 2.51. The van der Waals surface area contributed by atoms with Gasteiger partial charge in [-0.3, -0.25) is 0 Å². The maximum Gasteiger partial charge on any atom is 0.511 e. The van der Waals surface area contributed by atoms with Gasteiger partial charge in [0, 0.05) is 0 Å². The second-order valence-electron chi connectivity index (χ2n) is 2.69. The maximum atomic E-state index is 11.6. The minimum absolute atomic E-state index is 0.265. The number of alkyl halides is 1. The lowest BCUT2D eigenvalue weighted by Crippen LogP contribution is -1.98. The second kappa shape index (κ2) is 9.74. The van der Waals surface area contributed by atoms with Crippen LogP contribution in [-0.4, -0.2) is 58.9 Å². The normalized spacial score (nSPS) is 19.2. The second-order valence-corrected chi connectivity index (χ2v) is 2.69. The molecule has 2 rings (SSSR count). The summed E-state index contributed by atoms with van der Waals surface area (Å²) in [4.78, 5) is 29.3. The first-order valence-electron chi connectivity index (χ1n) is 4.88. The molecule has 19 heavy (non-hydrogen) atoms. The minimum Gasteiger partial charge on any atom is -0.438 e. The molecule has 0 spiro atoms. The van der Waals surface area contributed by atoms with E-state index in [4.69, 9.17) is 0 Å². The van der Waals surface area contributed by atoms with Gasteiger partial charge in [-0.15, -0.1) is 0 Å². The Labute approximate surface area is 107 Å². The lowest BCUT2D eigenvalue weighted by molar-refractivity contribution is 0.0572. The molecule has 0 aromatic heterocycles. The maximum absolute atomic E-state index is 11.6. The zero-order valence-electron chi connectivity index (χ0n) is 10.3. The van der Waals surface area contributed by atoms with Crippen LogP contribution in [0.1, 0.15) is 0 Å². The van der Waals surface area contributed by atoms with Crippen molar-refractivity contribution >= 4 is 18.5 Å². The summed E-state index contributed by atoms with van der Waals surface area (Å²) in [6, 6.07) is 0. The molecule has 9 nitrogen and oxygen atoms in total. The molecule has 0 amide bonds. The number of rotatable bonds is 0. The van der Waals surface area contributed by atoms with Crippen LogP contribution in [0.2, 0.25) is 0 Å². The number of ether oxygens (including phenoxy) is 6. The van der Waals surface area contributed by atoms with Gasteiger partial charge in [0.25, 0.3) is 6.36 Å². The third-order valence-corrected chi connectivity index (χ3v) is 1.41. The monoisotopic (exact) mass is 284 g/mol. The summed E-state index contributed by atoms with van der Waals surface area (Å²) in [6.07, 6.45) is -3.68. The van der Waals surface area contributed by atoms with E-state index in [1.165, 1.54) is 14.2 Å². The van der Waals surface area contributed by atoms with Crippen molar-refractivity contribution in [1.82, 2.24) is 0 Å². The van der Waals surface area contributed by atoms with Crippen molar-refractivity contribution in [3.05, 3.63) is 0 Å². The Morgan fingerprint density at radius 3 is 1.74 bits per heavy atom. The van der Waals surface area contributed by atoms with E-state index in [0.29, 0.717) is 13.2 Å². The zero-order chi connectivity index (χ0) is 14.7. The Hall–Kier alpha value is -2.26. The van der Waals surface area contributed by atoms with E-state index in [2.05, 4.69) is 28.4 Å². The van der Waals surface area contributed by atoms with Crippen LogP contribution < -0.4 is 0 Å². The predicted octanol–water partition coefficient (Wildman–Crippen LogP) is 1.00. The fraction of sp³-hybridized carbons (Fsp3) is 0.667. The zero-order valence-corrected chi connectivity index (χ0v) is 10.3. The standard InChI is InChI=1S/C3H3FO3.C3H4O3.C3H6O3/c4-2-1-6-3(5)7-2;4-3-5-1-2-6-3;1-5-3(4)6-2/h2H,1H2;1-2H2;1-2H3. The molecule has 10 heteroatoms. The molecule has 0 aliphatic carbocycles. The lowest BCUT2D eigenvalue weighted by Gasteiger charge is -1.89. The van der Waals surface area contributed by atoms with Crippen molar-refractivity contribution in [3.63, 3.8) is 0 Å². The molecule has 0 radical (unpaired) electrons. The van der Waals surface area contributed by atoms with Crippen LogP contribution >= 0.6 is 0 Å². The Balaban J connectivity index is 0.000000257. The lowest BCUT2D eigenvalue weighted by atomic mass is 10.8. The van der Waals surface area contributed by atoms with Crippen LogP contribution in [0.5, 0.6) is 0 Å². The molecular weight excluding hydrogens is 271 g/mol. The van der Waals surface area contributed by atoms with Crippen molar-refractivity contribution in [2.45, 2.75) is 6.36 Å². The molecule has 0 saturated carbocycles. The van der Waals surface area contributed by atoms with E-state index in [1.807, 2.05) is 0 Å². The van der Waals surface area contributed by atoms with Gasteiger partial charge < -0.3 is 28.4 Å². The van der Waals surface area contributed by atoms with Gasteiger partial charge in [0.1, 0.15) is 13.2 Å². The highest BCUT2D eigenvalue weighted by Gasteiger charge is 2.23. The molecule has 2 aliphatic rings. The van der Waals surface area contributed by atoms with E-state index < -0.39 is 24.8 Å². The van der Waals surface area contributed by atoms with E-state index in [0.717, 1.165) is 0 Å². The van der Waals surface area contributed by atoms with E-state index in [-0.39, 0.29) is 6.61 Å². The van der Waals surface area contributed by atoms with Gasteiger partial charge in [0.2, 0.25) is 0 Å². The van der Waals surface area contributed by atoms with Gasteiger partial charge >= 0.3 is 18.5 Å². The summed E-state index contributed by atoms with van der Waals surface area (Å²) in [5, 5.41) is 0. The van der Waals surface area contributed by atoms with Crippen molar-refractivity contribution in [2.75, 3.05) is 34.0 Å². The molecule has 0 aromatic rings. The number of carbonyl (C=O) groups excluding carboxylic acids is 3. The molecule has 110 valence electrons. The molecule has 2 fully saturated rings. The first-order valence-corrected chi connectivity index (χ1v) is 4.88. The summed E-state index contributed by atoms with van der Waals surface area (Å²) >= 11 is 0. The third-order valence-electron chi connectivity index (χ3n) is 1.41. The number of hydrogen-bond acceptors (Lipinski definition) is 9. The van der Waals surface area contributed by atoms with Gasteiger partial charge in [-0.25, -0.2) is 14.4 Å². The van der Waals surface area contributed by atoms with Crippen molar-refractivity contribution in [3.8, 4) is 0 Å². The largest absolute Gasteiger partial charge is 0.511 e. The molecule has 2 heterocycles. The SMILES string of the molecule is COC(=O)OC.O=C1OCC(F)O1.O=C1OCCO1. The topological polar surface area (TPSA) is 107 Å². The number of methoxy groups -OCH3 is 2. The van der Waals surface area contributed by atoms with Gasteiger partial charge in [0.15, 0.2) is 6.61 Å². The molecule has 0 N–H and O–H groups in total. The van der Waals surface area contributed by atoms with Gasteiger partial charge in [-0.1, -0.05) is 0 Å². The van der Waals surface area contributed by atoms with Crippen LogP contribution in [0, 0.1) is 0 Å². The molecule has 0 bridgehead atoms. The summed E-state index contributed by atoms with van der Waals surface area (Å²) < 4.78 is 36.1. The van der Waals surface area contributed by atoms with E-state index in [9.17, 15) is 18.8 Å². The van der Waals surface area contributed by atoms with Crippen molar-refractivity contribution in [1.29, 1.82) is 0 Å². The Morgan fingerprint density at radius 2 is 1.63 bits per heavy atom. The Morgan fingerprint density at radius 1 is 1.11 bits per heavy atom. The Kier molecular flexibility index (Phi) is 8.58. The first kappa shape index (κ1) is 16.7. The third kappa shape index (κ3) is 9.44. The van der Waals surface area contributed by atoms with Gasteiger partial charge in [-0.2, -0.15) is 4.39 Å². The molecule has 2 aliphatic heterocycles. The van der Waals surface area contributed by atoms with Crippen LogP contribution in [0.4, 0.5) is 18.8 Å². The molecule has 2 saturated heterocycles. The highest BCUT2D eigenvalue weighted by Crippen LogP contribution is 2.05. The highest BCUT2D eigenvalue weighted by molar-refractivity contribution is 5.61. The number of carbonyl (C=O) groups is 3. The summed E-state index contributed by atoms with van der Waals surface area (Å²) in [6.45, 7) is 0.566. The highest BCUT2D eigenvalue weighted by atomic mass is 19.1. The van der Waals surface area contributed by atoms with Crippen LogP contribution in [0.25, 0.3) is 0 Å². The fourth-order valence-electron chi connectivity index (χ4n) is 0.681. The summed E-state index contributed by atoms with van der Waals surface area (Å²) in [5.41, 5.74) is 0. The van der Waals surface area contributed by atoms with Crippen LogP contribution in [-0.2, 0) is 28.4 Å². The average Bonchev–Trinajstić information content (AvgIpc) is 3.01. The number of halogens is 1. The molecule has 0 aromatic carbocycles. The quantitative estimate of drug-likeness (QED) is 0.475. The van der Waals surface area contributed by atoms with Gasteiger partial charge in [0.05, 0.1) is 14.2 Å². The van der Waals surface area contributed by atoms with E-state index >= 15 is 0 Å². The molecule has 1 atom stereocenters.